The van der Waals surface area contributed by atoms with Crippen molar-refractivity contribution in [2.75, 3.05) is 13.1 Å². The van der Waals surface area contributed by atoms with Gasteiger partial charge in [-0.1, -0.05) is 13.8 Å². The summed E-state index contributed by atoms with van der Waals surface area (Å²) in [6.07, 6.45) is 0. The number of ketones is 2. The molecule has 4 nitrogen and oxygen atoms in total. The molecule has 0 aliphatic heterocycles. The summed E-state index contributed by atoms with van der Waals surface area (Å²) in [7, 11) is 0. The summed E-state index contributed by atoms with van der Waals surface area (Å²) in [6.45, 7) is 16.4. The van der Waals surface area contributed by atoms with Crippen LogP contribution in [0.15, 0.2) is 0 Å². The molecule has 0 amide bonds. The van der Waals surface area contributed by atoms with Gasteiger partial charge in [0.1, 0.15) is 11.6 Å². The molecule has 2 N–H and O–H groups in total. The van der Waals surface area contributed by atoms with Gasteiger partial charge in [0.05, 0.1) is 11.1 Å². The van der Waals surface area contributed by atoms with E-state index < -0.39 is 11.1 Å². The summed E-state index contributed by atoms with van der Waals surface area (Å²) < 4.78 is 0. The van der Waals surface area contributed by atoms with Crippen molar-refractivity contribution in [3.63, 3.8) is 0 Å². The van der Waals surface area contributed by atoms with Gasteiger partial charge >= 0.3 is 0 Å². The maximum Gasteiger partial charge on any atom is 0.149 e. The molecular weight excluding hydrogens is 240 g/mol. The third kappa shape index (κ3) is 6.30. The largest absolute Gasteiger partial charge is 0.305 e. The van der Waals surface area contributed by atoms with E-state index in [1.54, 1.807) is 13.8 Å². The molecule has 0 radical (unpaired) electrons. The van der Waals surface area contributed by atoms with Crippen molar-refractivity contribution in [1.29, 1.82) is 0 Å². The molecule has 0 rings (SSSR count). The second kappa shape index (κ2) is 6.14. The quantitative estimate of drug-likeness (QED) is 0.707. The molecule has 0 unspecified atom stereocenters. The topological polar surface area (TPSA) is 58.2 Å². The zero-order valence-corrected chi connectivity index (χ0v) is 13.7. The van der Waals surface area contributed by atoms with Crippen LogP contribution in [0, 0.1) is 5.41 Å². The highest BCUT2D eigenvalue weighted by Crippen LogP contribution is 2.16. The van der Waals surface area contributed by atoms with Crippen LogP contribution in [0.5, 0.6) is 0 Å². The first kappa shape index (κ1) is 18.3. The molecule has 4 heteroatoms. The Bertz CT molecular complexity index is 312. The molecule has 0 spiro atoms. The van der Waals surface area contributed by atoms with Crippen LogP contribution in [0.3, 0.4) is 0 Å². The maximum atomic E-state index is 11.5. The lowest BCUT2D eigenvalue weighted by Gasteiger charge is -2.34. The van der Waals surface area contributed by atoms with E-state index in [2.05, 4.69) is 24.5 Å². The van der Waals surface area contributed by atoms with Crippen molar-refractivity contribution >= 4 is 11.6 Å². The number of hydrogen-bond acceptors (Lipinski definition) is 4. The van der Waals surface area contributed by atoms with Gasteiger partial charge in [-0.05, 0) is 47.0 Å². The van der Waals surface area contributed by atoms with Gasteiger partial charge < -0.3 is 10.6 Å². The number of carbonyl (C=O) groups is 2. The lowest BCUT2D eigenvalue weighted by Crippen LogP contribution is -2.54. The van der Waals surface area contributed by atoms with Crippen LogP contribution < -0.4 is 10.6 Å². The minimum atomic E-state index is -0.507. The van der Waals surface area contributed by atoms with Crippen molar-refractivity contribution in [3.05, 3.63) is 0 Å². The Morgan fingerprint density at radius 2 is 1.00 bits per heavy atom. The first-order chi connectivity index (χ1) is 8.30. The Morgan fingerprint density at radius 3 is 1.21 bits per heavy atom. The highest BCUT2D eigenvalue weighted by molar-refractivity contribution is 5.85. The summed E-state index contributed by atoms with van der Waals surface area (Å²) in [6, 6.07) is 0. The standard InChI is InChI=1S/C15H30N2O2/c1-11(18)14(5,6)16-9-13(3,4)10-17-15(7,8)12(2)19/h16-17H,9-10H2,1-8H3. The number of rotatable bonds is 8. The number of hydrogen-bond donors (Lipinski definition) is 2. The summed E-state index contributed by atoms with van der Waals surface area (Å²) in [4.78, 5) is 22.9. The van der Waals surface area contributed by atoms with E-state index in [1.165, 1.54) is 0 Å². The molecule has 0 fully saturated rings. The molecule has 0 aliphatic carbocycles. The van der Waals surface area contributed by atoms with Crippen LogP contribution in [0.4, 0.5) is 0 Å². The van der Waals surface area contributed by atoms with Crippen molar-refractivity contribution in [2.24, 2.45) is 5.41 Å². The molecule has 112 valence electrons. The molecule has 0 saturated carbocycles. The van der Waals surface area contributed by atoms with E-state index in [1.807, 2.05) is 27.7 Å². The van der Waals surface area contributed by atoms with Crippen LogP contribution in [-0.4, -0.2) is 35.7 Å². The summed E-state index contributed by atoms with van der Waals surface area (Å²) in [5.41, 5.74) is -1.06. The van der Waals surface area contributed by atoms with E-state index in [0.717, 1.165) is 0 Å². The van der Waals surface area contributed by atoms with Gasteiger partial charge in [-0.25, -0.2) is 0 Å². The van der Waals surface area contributed by atoms with E-state index >= 15 is 0 Å². The van der Waals surface area contributed by atoms with Crippen LogP contribution in [0.25, 0.3) is 0 Å². The van der Waals surface area contributed by atoms with Crippen molar-refractivity contribution in [3.8, 4) is 0 Å². The van der Waals surface area contributed by atoms with Crippen LogP contribution in [0.1, 0.15) is 55.4 Å². The molecule has 0 saturated heterocycles. The predicted octanol–water partition coefficient (Wildman–Crippen LogP) is 1.93. The zero-order valence-electron chi connectivity index (χ0n) is 13.7. The highest BCUT2D eigenvalue weighted by atomic mass is 16.1. The van der Waals surface area contributed by atoms with Crippen molar-refractivity contribution in [1.82, 2.24) is 10.6 Å². The molecule has 0 aromatic heterocycles. The van der Waals surface area contributed by atoms with Crippen LogP contribution in [-0.2, 0) is 9.59 Å². The minimum absolute atomic E-state index is 0.0422. The Kier molecular flexibility index (Phi) is 5.90. The zero-order chi connectivity index (χ0) is 15.5. The summed E-state index contributed by atoms with van der Waals surface area (Å²) in [5.74, 6) is 0.251. The van der Waals surface area contributed by atoms with Crippen molar-refractivity contribution < 1.29 is 9.59 Å². The molecule has 19 heavy (non-hydrogen) atoms. The SMILES string of the molecule is CC(=O)C(C)(C)NCC(C)(C)CNC(C)(C)C(C)=O. The van der Waals surface area contributed by atoms with Gasteiger partial charge in [-0.3, -0.25) is 9.59 Å². The Hall–Kier alpha value is -0.740. The van der Waals surface area contributed by atoms with Crippen molar-refractivity contribution in [2.45, 2.75) is 66.5 Å². The number of nitrogens with one attached hydrogen (secondary N) is 2. The maximum absolute atomic E-state index is 11.5. The Morgan fingerprint density at radius 1 is 0.737 bits per heavy atom. The molecule has 0 aromatic carbocycles. The first-order valence-corrected chi connectivity index (χ1v) is 6.82. The lowest BCUT2D eigenvalue weighted by atomic mass is 9.89. The van der Waals surface area contributed by atoms with Gasteiger partial charge in [0.15, 0.2) is 0 Å². The summed E-state index contributed by atoms with van der Waals surface area (Å²) >= 11 is 0. The lowest BCUT2D eigenvalue weighted by molar-refractivity contribution is -0.122. The first-order valence-electron chi connectivity index (χ1n) is 6.82. The molecule has 0 atom stereocenters. The van der Waals surface area contributed by atoms with E-state index in [4.69, 9.17) is 0 Å². The monoisotopic (exact) mass is 270 g/mol. The second-order valence-corrected chi connectivity index (χ2v) is 7.23. The van der Waals surface area contributed by atoms with E-state index in [-0.39, 0.29) is 17.0 Å². The predicted molar refractivity (Wildman–Crippen MR) is 79.3 cm³/mol. The highest BCUT2D eigenvalue weighted by Gasteiger charge is 2.29. The third-order valence-electron chi connectivity index (χ3n) is 3.78. The van der Waals surface area contributed by atoms with Crippen LogP contribution >= 0.6 is 0 Å². The Balaban J connectivity index is 4.42. The average molecular weight is 270 g/mol. The van der Waals surface area contributed by atoms with Gasteiger partial charge in [0, 0.05) is 13.1 Å². The summed E-state index contributed by atoms with van der Waals surface area (Å²) in [5, 5.41) is 6.58. The van der Waals surface area contributed by atoms with E-state index in [9.17, 15) is 9.59 Å². The average Bonchev–Trinajstić information content (AvgIpc) is 2.24. The Labute approximate surface area is 117 Å². The number of Topliss-reactive ketones (excluding diaryl/α,β-unsaturated/α-hetero) is 2. The normalized spacial score (nSPS) is 13.5. The number of carbonyl (C=O) groups excluding carboxylic acids is 2. The van der Waals surface area contributed by atoms with Gasteiger partial charge in [-0.2, -0.15) is 0 Å². The smallest absolute Gasteiger partial charge is 0.149 e. The molecule has 0 heterocycles. The van der Waals surface area contributed by atoms with Gasteiger partial charge in [-0.15, -0.1) is 0 Å². The van der Waals surface area contributed by atoms with Crippen LogP contribution in [0.2, 0.25) is 0 Å². The third-order valence-corrected chi connectivity index (χ3v) is 3.78. The fourth-order valence-corrected chi connectivity index (χ4v) is 1.23. The second-order valence-electron chi connectivity index (χ2n) is 7.23. The van der Waals surface area contributed by atoms with E-state index in [0.29, 0.717) is 13.1 Å². The van der Waals surface area contributed by atoms with Gasteiger partial charge in [0.25, 0.3) is 0 Å². The van der Waals surface area contributed by atoms with Gasteiger partial charge in [0.2, 0.25) is 0 Å². The fraction of sp³-hybridized carbons (Fsp3) is 0.867. The molecule has 0 aromatic rings. The molecule has 0 aliphatic rings. The minimum Gasteiger partial charge on any atom is -0.305 e. The molecular formula is C15H30N2O2. The fourth-order valence-electron chi connectivity index (χ4n) is 1.23. The molecule has 0 bridgehead atoms.